The molecular weight excluding hydrogens is 308 g/mol. The number of nitrogen functional groups attached to an aromatic ring is 1. The molecule has 3 heterocycles. The van der Waals surface area contributed by atoms with Crippen LogP contribution >= 0.6 is 0 Å². The van der Waals surface area contributed by atoms with Gasteiger partial charge in [-0.3, -0.25) is 4.79 Å². The molecular formula is C16H20N6O2. The van der Waals surface area contributed by atoms with E-state index in [2.05, 4.69) is 25.2 Å². The monoisotopic (exact) mass is 328 g/mol. The maximum absolute atomic E-state index is 12.4. The van der Waals surface area contributed by atoms with Crippen molar-refractivity contribution in [2.45, 2.75) is 12.8 Å². The molecule has 8 heteroatoms. The van der Waals surface area contributed by atoms with Gasteiger partial charge >= 0.3 is 0 Å². The second-order valence-electron chi connectivity index (χ2n) is 5.62. The van der Waals surface area contributed by atoms with E-state index >= 15 is 0 Å². The fraction of sp³-hybridized carbons (Fsp3) is 0.375. The molecule has 0 atom stereocenters. The lowest BCUT2D eigenvalue weighted by atomic mass is 9.96. The van der Waals surface area contributed by atoms with Gasteiger partial charge < -0.3 is 20.7 Å². The third kappa shape index (κ3) is 3.70. The van der Waals surface area contributed by atoms with E-state index in [1.807, 2.05) is 0 Å². The Morgan fingerprint density at radius 2 is 2.08 bits per heavy atom. The first kappa shape index (κ1) is 16.0. The molecule has 1 fully saturated rings. The lowest BCUT2D eigenvalue weighted by Crippen LogP contribution is -2.39. The van der Waals surface area contributed by atoms with Crippen LogP contribution in [0.2, 0.25) is 0 Å². The van der Waals surface area contributed by atoms with E-state index in [9.17, 15) is 4.79 Å². The quantitative estimate of drug-likeness (QED) is 0.871. The normalized spacial score (nSPS) is 15.1. The standard InChI is InChI=1S/C16H20N6O2/c1-24-14-4-7-18-16(21-14)22-8-5-11(6-9-22)15(23)20-12-2-3-13(17)19-10-12/h2-4,7,10-11H,5-6,8-9H2,1H3,(H2,17,19)(H,20,23). The number of amides is 1. The highest BCUT2D eigenvalue weighted by atomic mass is 16.5. The molecule has 0 unspecified atom stereocenters. The van der Waals surface area contributed by atoms with E-state index in [1.54, 1.807) is 37.7 Å². The molecule has 8 nitrogen and oxygen atoms in total. The summed E-state index contributed by atoms with van der Waals surface area (Å²) in [7, 11) is 1.58. The number of nitrogens with two attached hydrogens (primary N) is 1. The van der Waals surface area contributed by atoms with E-state index in [4.69, 9.17) is 10.5 Å². The van der Waals surface area contributed by atoms with E-state index in [0.29, 0.717) is 23.3 Å². The zero-order chi connectivity index (χ0) is 16.9. The van der Waals surface area contributed by atoms with Gasteiger partial charge in [-0.15, -0.1) is 0 Å². The lowest BCUT2D eigenvalue weighted by molar-refractivity contribution is -0.120. The number of rotatable bonds is 4. The molecule has 0 aliphatic carbocycles. The molecule has 1 aliphatic rings. The number of anilines is 3. The minimum atomic E-state index is -0.0376. The second kappa shape index (κ2) is 7.12. The van der Waals surface area contributed by atoms with Crippen LogP contribution in [0.5, 0.6) is 5.88 Å². The highest BCUT2D eigenvalue weighted by molar-refractivity contribution is 5.92. The Hall–Kier alpha value is -2.90. The van der Waals surface area contributed by atoms with Crippen molar-refractivity contribution in [2.75, 3.05) is 36.1 Å². The number of piperidine rings is 1. The molecule has 2 aromatic heterocycles. The number of hydrogen-bond acceptors (Lipinski definition) is 7. The molecule has 0 saturated carbocycles. The van der Waals surface area contributed by atoms with Crippen molar-refractivity contribution in [3.63, 3.8) is 0 Å². The summed E-state index contributed by atoms with van der Waals surface area (Å²) in [5.41, 5.74) is 6.20. The van der Waals surface area contributed by atoms with Crippen LogP contribution in [0.4, 0.5) is 17.5 Å². The van der Waals surface area contributed by atoms with Gasteiger partial charge in [0, 0.05) is 31.3 Å². The van der Waals surface area contributed by atoms with Gasteiger partial charge in [0.05, 0.1) is 19.0 Å². The predicted molar refractivity (Wildman–Crippen MR) is 90.8 cm³/mol. The minimum Gasteiger partial charge on any atom is -0.481 e. The highest BCUT2D eigenvalue weighted by Gasteiger charge is 2.26. The van der Waals surface area contributed by atoms with Crippen LogP contribution in [0.25, 0.3) is 0 Å². The van der Waals surface area contributed by atoms with Crippen LogP contribution < -0.4 is 20.7 Å². The maximum atomic E-state index is 12.4. The van der Waals surface area contributed by atoms with Gasteiger partial charge in [0.2, 0.25) is 17.7 Å². The molecule has 0 spiro atoms. The van der Waals surface area contributed by atoms with Gasteiger partial charge in [0.25, 0.3) is 0 Å². The molecule has 126 valence electrons. The molecule has 1 saturated heterocycles. The van der Waals surface area contributed by atoms with Gasteiger partial charge in [-0.1, -0.05) is 0 Å². The molecule has 0 radical (unpaired) electrons. The van der Waals surface area contributed by atoms with Crippen molar-refractivity contribution in [3.8, 4) is 5.88 Å². The summed E-state index contributed by atoms with van der Waals surface area (Å²) >= 11 is 0. The number of ether oxygens (including phenoxy) is 1. The van der Waals surface area contributed by atoms with E-state index < -0.39 is 0 Å². The van der Waals surface area contributed by atoms with Gasteiger partial charge in [-0.25, -0.2) is 9.97 Å². The second-order valence-corrected chi connectivity index (χ2v) is 5.62. The van der Waals surface area contributed by atoms with E-state index in [0.717, 1.165) is 25.9 Å². The molecule has 0 aromatic carbocycles. The van der Waals surface area contributed by atoms with Gasteiger partial charge in [-0.05, 0) is 25.0 Å². The molecule has 2 aromatic rings. The SMILES string of the molecule is COc1ccnc(N2CCC(C(=O)Nc3ccc(N)nc3)CC2)n1. The first-order valence-corrected chi connectivity index (χ1v) is 7.80. The Kier molecular flexibility index (Phi) is 4.74. The number of hydrogen-bond donors (Lipinski definition) is 2. The van der Waals surface area contributed by atoms with Crippen molar-refractivity contribution in [1.29, 1.82) is 0 Å². The third-order valence-electron chi connectivity index (χ3n) is 4.03. The number of carbonyl (C=O) groups excluding carboxylic acids is 1. The zero-order valence-corrected chi connectivity index (χ0v) is 13.5. The highest BCUT2D eigenvalue weighted by Crippen LogP contribution is 2.23. The Balaban J connectivity index is 1.56. The van der Waals surface area contributed by atoms with Crippen LogP contribution in [0.3, 0.4) is 0 Å². The molecule has 3 N–H and O–H groups in total. The summed E-state index contributed by atoms with van der Waals surface area (Å²) in [4.78, 5) is 27.0. The molecule has 0 bridgehead atoms. The fourth-order valence-corrected chi connectivity index (χ4v) is 2.66. The molecule has 24 heavy (non-hydrogen) atoms. The van der Waals surface area contributed by atoms with Crippen LogP contribution in [0.1, 0.15) is 12.8 Å². The summed E-state index contributed by atoms with van der Waals surface area (Å²) in [5, 5.41) is 2.88. The molecule has 1 aliphatic heterocycles. The van der Waals surface area contributed by atoms with Crippen molar-refractivity contribution >= 4 is 23.4 Å². The first-order valence-electron chi connectivity index (χ1n) is 7.80. The Morgan fingerprint density at radius 1 is 1.29 bits per heavy atom. The maximum Gasteiger partial charge on any atom is 0.228 e. The number of aromatic nitrogens is 3. The van der Waals surface area contributed by atoms with Gasteiger partial charge in [0.15, 0.2) is 0 Å². The molecule has 1 amide bonds. The van der Waals surface area contributed by atoms with Gasteiger partial charge in [-0.2, -0.15) is 4.98 Å². The number of nitrogens with one attached hydrogen (secondary N) is 1. The molecule has 3 rings (SSSR count). The topological polar surface area (TPSA) is 106 Å². The Morgan fingerprint density at radius 3 is 2.75 bits per heavy atom. The Bertz CT molecular complexity index is 698. The summed E-state index contributed by atoms with van der Waals surface area (Å²) in [6, 6.07) is 5.13. The van der Waals surface area contributed by atoms with Crippen LogP contribution in [-0.4, -0.2) is 41.1 Å². The average molecular weight is 328 g/mol. The number of carbonyl (C=O) groups is 1. The number of pyridine rings is 1. The third-order valence-corrected chi connectivity index (χ3v) is 4.03. The smallest absolute Gasteiger partial charge is 0.228 e. The summed E-state index contributed by atoms with van der Waals surface area (Å²) in [6.45, 7) is 1.45. The minimum absolute atomic E-state index is 0.00721. The average Bonchev–Trinajstić information content (AvgIpc) is 2.64. The van der Waals surface area contributed by atoms with Crippen molar-refractivity contribution in [3.05, 3.63) is 30.6 Å². The summed E-state index contributed by atoms with van der Waals surface area (Å²) in [6.07, 6.45) is 4.73. The largest absolute Gasteiger partial charge is 0.481 e. The summed E-state index contributed by atoms with van der Waals surface area (Å²) in [5.74, 6) is 1.57. The lowest BCUT2D eigenvalue weighted by Gasteiger charge is -2.31. The number of nitrogens with zero attached hydrogens (tertiary/aromatic N) is 4. The van der Waals surface area contributed by atoms with Crippen LogP contribution in [0.15, 0.2) is 30.6 Å². The van der Waals surface area contributed by atoms with Crippen LogP contribution in [0, 0.1) is 5.92 Å². The predicted octanol–water partition coefficient (Wildman–Crippen LogP) is 1.32. The van der Waals surface area contributed by atoms with E-state index in [-0.39, 0.29) is 11.8 Å². The van der Waals surface area contributed by atoms with Crippen molar-refractivity contribution < 1.29 is 9.53 Å². The Labute approximate surface area is 140 Å². The van der Waals surface area contributed by atoms with E-state index in [1.165, 1.54) is 0 Å². The number of methoxy groups -OCH3 is 1. The zero-order valence-electron chi connectivity index (χ0n) is 13.5. The van der Waals surface area contributed by atoms with Gasteiger partial charge in [0.1, 0.15) is 5.82 Å². The van der Waals surface area contributed by atoms with Crippen molar-refractivity contribution in [2.24, 2.45) is 5.92 Å². The summed E-state index contributed by atoms with van der Waals surface area (Å²) < 4.78 is 5.12. The fourth-order valence-electron chi connectivity index (χ4n) is 2.66. The van der Waals surface area contributed by atoms with Crippen molar-refractivity contribution in [1.82, 2.24) is 15.0 Å². The van der Waals surface area contributed by atoms with Crippen LogP contribution in [-0.2, 0) is 4.79 Å². The first-order chi connectivity index (χ1) is 11.7.